The summed E-state index contributed by atoms with van der Waals surface area (Å²) in [6.45, 7) is 0. The summed E-state index contributed by atoms with van der Waals surface area (Å²) in [4.78, 5) is 0. The molecule has 0 aliphatic rings. The molecular formula is C12H9NO2. The third-order valence-corrected chi connectivity index (χ3v) is 2.19. The van der Waals surface area contributed by atoms with Gasteiger partial charge in [0, 0.05) is 5.56 Å². The number of rotatable bonds is 2. The summed E-state index contributed by atoms with van der Waals surface area (Å²) in [5.74, 6) is 0. The second kappa shape index (κ2) is 3.99. The third-order valence-electron chi connectivity index (χ3n) is 2.19. The molecule has 3 heteroatoms. The summed E-state index contributed by atoms with van der Waals surface area (Å²) < 4.78 is 4.89. The van der Waals surface area contributed by atoms with Gasteiger partial charge in [0.25, 0.3) is 0 Å². The van der Waals surface area contributed by atoms with Gasteiger partial charge in [-0.15, -0.1) is 0 Å². The standard InChI is InChI=1S/C12H9NO2/c13-7-9-2-1-3-10(6-9)12(14)11-4-5-15-8-11/h1-6,8,12,14H. The summed E-state index contributed by atoms with van der Waals surface area (Å²) in [6.07, 6.45) is 2.26. The van der Waals surface area contributed by atoms with Crippen LogP contribution in [0.2, 0.25) is 0 Å². The lowest BCUT2D eigenvalue weighted by atomic mass is 10.0. The van der Waals surface area contributed by atoms with Crippen molar-refractivity contribution in [1.82, 2.24) is 0 Å². The Balaban J connectivity index is 2.34. The number of nitrogens with zero attached hydrogens (tertiary/aromatic N) is 1. The molecule has 0 saturated carbocycles. The molecule has 74 valence electrons. The SMILES string of the molecule is N#Cc1cccc(C(O)c2ccoc2)c1. The summed E-state index contributed by atoms with van der Waals surface area (Å²) in [7, 11) is 0. The highest BCUT2D eigenvalue weighted by Gasteiger charge is 2.11. The van der Waals surface area contributed by atoms with Crippen molar-refractivity contribution in [1.29, 1.82) is 5.26 Å². The van der Waals surface area contributed by atoms with Gasteiger partial charge in [-0.1, -0.05) is 12.1 Å². The van der Waals surface area contributed by atoms with Gasteiger partial charge in [-0.3, -0.25) is 0 Å². The van der Waals surface area contributed by atoms with Crippen LogP contribution in [0.4, 0.5) is 0 Å². The van der Waals surface area contributed by atoms with Gasteiger partial charge in [0.1, 0.15) is 6.10 Å². The lowest BCUT2D eigenvalue weighted by Crippen LogP contribution is -1.97. The van der Waals surface area contributed by atoms with Crippen molar-refractivity contribution in [3.8, 4) is 6.07 Å². The second-order valence-corrected chi connectivity index (χ2v) is 3.20. The predicted molar refractivity (Wildman–Crippen MR) is 53.9 cm³/mol. The second-order valence-electron chi connectivity index (χ2n) is 3.20. The van der Waals surface area contributed by atoms with Gasteiger partial charge in [-0.2, -0.15) is 5.26 Å². The Bertz CT molecular complexity index is 483. The van der Waals surface area contributed by atoms with E-state index >= 15 is 0 Å². The Morgan fingerprint density at radius 1 is 1.27 bits per heavy atom. The van der Waals surface area contributed by atoms with Gasteiger partial charge in [-0.05, 0) is 23.8 Å². The molecule has 15 heavy (non-hydrogen) atoms. The fourth-order valence-electron chi connectivity index (χ4n) is 1.40. The highest BCUT2D eigenvalue weighted by Crippen LogP contribution is 2.22. The molecule has 1 atom stereocenters. The van der Waals surface area contributed by atoms with Crippen molar-refractivity contribution < 1.29 is 9.52 Å². The number of hydrogen-bond acceptors (Lipinski definition) is 3. The summed E-state index contributed by atoms with van der Waals surface area (Å²) in [5, 5.41) is 18.7. The average molecular weight is 199 g/mol. The lowest BCUT2D eigenvalue weighted by molar-refractivity contribution is 0.219. The van der Waals surface area contributed by atoms with E-state index < -0.39 is 6.10 Å². The maximum atomic E-state index is 9.93. The quantitative estimate of drug-likeness (QED) is 0.806. The lowest BCUT2D eigenvalue weighted by Gasteiger charge is -2.08. The van der Waals surface area contributed by atoms with Crippen LogP contribution < -0.4 is 0 Å². The van der Waals surface area contributed by atoms with Crippen molar-refractivity contribution in [2.24, 2.45) is 0 Å². The number of nitriles is 1. The molecule has 0 fully saturated rings. The maximum absolute atomic E-state index is 9.93. The van der Waals surface area contributed by atoms with Crippen molar-refractivity contribution in [3.63, 3.8) is 0 Å². The molecule has 1 aromatic carbocycles. The van der Waals surface area contributed by atoms with Gasteiger partial charge < -0.3 is 9.52 Å². The minimum absolute atomic E-state index is 0.537. The van der Waals surface area contributed by atoms with Gasteiger partial charge in [0.15, 0.2) is 0 Å². The zero-order chi connectivity index (χ0) is 10.7. The molecule has 1 N–H and O–H groups in total. The molecule has 0 saturated heterocycles. The topological polar surface area (TPSA) is 57.2 Å². The van der Waals surface area contributed by atoms with Gasteiger partial charge >= 0.3 is 0 Å². The fourth-order valence-corrected chi connectivity index (χ4v) is 1.40. The highest BCUT2D eigenvalue weighted by atomic mass is 16.3. The van der Waals surface area contributed by atoms with E-state index in [9.17, 15) is 5.11 Å². The van der Waals surface area contributed by atoms with Gasteiger partial charge in [0.2, 0.25) is 0 Å². The number of aliphatic hydroxyl groups excluding tert-OH is 1. The minimum Gasteiger partial charge on any atom is -0.472 e. The Labute approximate surface area is 87.2 Å². The van der Waals surface area contributed by atoms with Gasteiger partial charge in [0.05, 0.1) is 24.2 Å². The Morgan fingerprint density at radius 3 is 2.80 bits per heavy atom. The van der Waals surface area contributed by atoms with Crippen LogP contribution in [0.3, 0.4) is 0 Å². The molecule has 1 aromatic heterocycles. The monoisotopic (exact) mass is 199 g/mol. The molecule has 2 aromatic rings. The number of aliphatic hydroxyl groups is 1. The molecule has 1 heterocycles. The van der Waals surface area contributed by atoms with E-state index in [1.165, 1.54) is 12.5 Å². The first-order valence-electron chi connectivity index (χ1n) is 4.51. The fraction of sp³-hybridized carbons (Fsp3) is 0.0833. The third kappa shape index (κ3) is 1.90. The van der Waals surface area contributed by atoms with Crippen LogP contribution in [0.25, 0.3) is 0 Å². The molecule has 2 rings (SSSR count). The van der Waals surface area contributed by atoms with Crippen LogP contribution in [-0.2, 0) is 0 Å². The first kappa shape index (κ1) is 9.50. The summed E-state index contributed by atoms with van der Waals surface area (Å²) >= 11 is 0. The normalized spacial score (nSPS) is 12.0. The largest absolute Gasteiger partial charge is 0.472 e. The van der Waals surface area contributed by atoms with Crippen LogP contribution in [0.5, 0.6) is 0 Å². The zero-order valence-electron chi connectivity index (χ0n) is 7.92. The van der Waals surface area contributed by atoms with Crippen LogP contribution >= 0.6 is 0 Å². The Morgan fingerprint density at radius 2 is 2.13 bits per heavy atom. The van der Waals surface area contributed by atoms with E-state index in [1.54, 1.807) is 30.3 Å². The molecule has 3 nitrogen and oxygen atoms in total. The Kier molecular flexibility index (Phi) is 2.53. The molecule has 0 aliphatic heterocycles. The molecule has 0 bridgehead atoms. The molecule has 0 spiro atoms. The van der Waals surface area contributed by atoms with Crippen molar-refractivity contribution in [2.75, 3.05) is 0 Å². The molecule has 0 radical (unpaired) electrons. The molecular weight excluding hydrogens is 190 g/mol. The van der Waals surface area contributed by atoms with E-state index in [0.29, 0.717) is 16.7 Å². The Hall–Kier alpha value is -2.05. The van der Waals surface area contributed by atoms with E-state index in [4.69, 9.17) is 9.68 Å². The van der Waals surface area contributed by atoms with Crippen molar-refractivity contribution in [3.05, 3.63) is 59.5 Å². The van der Waals surface area contributed by atoms with Crippen LogP contribution in [0.15, 0.2) is 47.3 Å². The van der Waals surface area contributed by atoms with Crippen LogP contribution in [0.1, 0.15) is 22.8 Å². The zero-order valence-corrected chi connectivity index (χ0v) is 7.92. The summed E-state index contributed by atoms with van der Waals surface area (Å²) in [5.41, 5.74) is 1.91. The van der Waals surface area contributed by atoms with E-state index in [0.717, 1.165) is 0 Å². The van der Waals surface area contributed by atoms with Crippen LogP contribution in [0, 0.1) is 11.3 Å². The van der Waals surface area contributed by atoms with Crippen molar-refractivity contribution >= 4 is 0 Å². The number of benzene rings is 1. The van der Waals surface area contributed by atoms with E-state index in [-0.39, 0.29) is 0 Å². The summed E-state index contributed by atoms with van der Waals surface area (Å²) in [6, 6.07) is 10.6. The van der Waals surface area contributed by atoms with E-state index in [1.807, 2.05) is 6.07 Å². The molecule has 1 unspecified atom stereocenters. The van der Waals surface area contributed by atoms with Crippen molar-refractivity contribution in [2.45, 2.75) is 6.10 Å². The predicted octanol–water partition coefficient (Wildman–Crippen LogP) is 2.23. The number of hydrogen-bond donors (Lipinski definition) is 1. The minimum atomic E-state index is -0.739. The molecule has 0 amide bonds. The van der Waals surface area contributed by atoms with E-state index in [2.05, 4.69) is 0 Å². The first-order chi connectivity index (χ1) is 7.31. The van der Waals surface area contributed by atoms with Gasteiger partial charge in [-0.25, -0.2) is 0 Å². The van der Waals surface area contributed by atoms with Crippen LogP contribution in [-0.4, -0.2) is 5.11 Å². The smallest absolute Gasteiger partial charge is 0.107 e. The molecule has 0 aliphatic carbocycles. The number of furan rings is 1. The average Bonchev–Trinajstić information content (AvgIpc) is 2.81. The maximum Gasteiger partial charge on any atom is 0.107 e. The first-order valence-corrected chi connectivity index (χ1v) is 4.51. The highest BCUT2D eigenvalue weighted by molar-refractivity contribution is 5.36.